The second-order valence-electron chi connectivity index (χ2n) is 5.07. The van der Waals surface area contributed by atoms with Crippen molar-refractivity contribution in [2.24, 2.45) is 11.7 Å². The van der Waals surface area contributed by atoms with Gasteiger partial charge in [0.15, 0.2) is 0 Å². The van der Waals surface area contributed by atoms with E-state index < -0.39 is 6.04 Å². The minimum Gasteiger partial charge on any atom is -0.393 e. The van der Waals surface area contributed by atoms with E-state index in [4.69, 9.17) is 5.73 Å². The lowest BCUT2D eigenvalue weighted by molar-refractivity contribution is -0.134. The standard InChI is InChI=1S/C12H22N2O2/c13-11(9-5-1-2-6-10(9)15)12(16)14-7-3-4-8-14/h9-11,15H,1-8,13H2/t9-,10+,11+/m0/s1. The molecule has 2 rings (SSSR count). The van der Waals surface area contributed by atoms with E-state index in [-0.39, 0.29) is 17.9 Å². The van der Waals surface area contributed by atoms with Crippen molar-refractivity contribution in [3.63, 3.8) is 0 Å². The molecule has 0 aromatic heterocycles. The summed E-state index contributed by atoms with van der Waals surface area (Å²) in [7, 11) is 0. The summed E-state index contributed by atoms with van der Waals surface area (Å²) >= 11 is 0. The van der Waals surface area contributed by atoms with Crippen LogP contribution in [0.15, 0.2) is 0 Å². The molecule has 1 amide bonds. The Morgan fingerprint density at radius 1 is 1.19 bits per heavy atom. The van der Waals surface area contributed by atoms with Gasteiger partial charge in [-0.1, -0.05) is 12.8 Å². The molecule has 4 nitrogen and oxygen atoms in total. The van der Waals surface area contributed by atoms with Crippen LogP contribution in [0.5, 0.6) is 0 Å². The molecule has 0 unspecified atom stereocenters. The summed E-state index contributed by atoms with van der Waals surface area (Å²) in [6, 6.07) is -0.492. The van der Waals surface area contributed by atoms with Crippen LogP contribution in [0.2, 0.25) is 0 Å². The molecule has 16 heavy (non-hydrogen) atoms. The largest absolute Gasteiger partial charge is 0.393 e. The van der Waals surface area contributed by atoms with Crippen LogP contribution in [-0.2, 0) is 4.79 Å². The molecular weight excluding hydrogens is 204 g/mol. The van der Waals surface area contributed by atoms with E-state index in [0.29, 0.717) is 0 Å². The van der Waals surface area contributed by atoms with Crippen LogP contribution < -0.4 is 5.73 Å². The Balaban J connectivity index is 1.94. The van der Waals surface area contributed by atoms with Crippen molar-refractivity contribution in [3.8, 4) is 0 Å². The molecule has 3 N–H and O–H groups in total. The topological polar surface area (TPSA) is 66.6 Å². The second-order valence-corrected chi connectivity index (χ2v) is 5.07. The van der Waals surface area contributed by atoms with Crippen LogP contribution in [0.1, 0.15) is 38.5 Å². The number of amides is 1. The van der Waals surface area contributed by atoms with E-state index in [1.54, 1.807) is 0 Å². The normalized spacial score (nSPS) is 32.8. The molecule has 1 heterocycles. The fraction of sp³-hybridized carbons (Fsp3) is 0.917. The Kier molecular flexibility index (Phi) is 3.82. The van der Waals surface area contributed by atoms with Crippen molar-refractivity contribution in [2.45, 2.75) is 50.7 Å². The zero-order valence-electron chi connectivity index (χ0n) is 9.77. The van der Waals surface area contributed by atoms with Crippen LogP contribution in [-0.4, -0.2) is 41.1 Å². The van der Waals surface area contributed by atoms with Crippen molar-refractivity contribution < 1.29 is 9.90 Å². The molecule has 2 fully saturated rings. The summed E-state index contributed by atoms with van der Waals surface area (Å²) in [4.78, 5) is 13.9. The highest BCUT2D eigenvalue weighted by Crippen LogP contribution is 2.27. The summed E-state index contributed by atoms with van der Waals surface area (Å²) in [5.74, 6) is 0.0188. The monoisotopic (exact) mass is 226 g/mol. The van der Waals surface area contributed by atoms with Gasteiger partial charge in [0.2, 0.25) is 5.91 Å². The van der Waals surface area contributed by atoms with Crippen molar-refractivity contribution in [2.75, 3.05) is 13.1 Å². The van der Waals surface area contributed by atoms with Crippen LogP contribution in [0.25, 0.3) is 0 Å². The van der Waals surface area contributed by atoms with Crippen LogP contribution in [0, 0.1) is 5.92 Å². The molecule has 0 bridgehead atoms. The molecule has 1 aliphatic heterocycles. The van der Waals surface area contributed by atoms with E-state index in [9.17, 15) is 9.90 Å². The highest BCUT2D eigenvalue weighted by molar-refractivity contribution is 5.82. The lowest BCUT2D eigenvalue weighted by atomic mass is 9.81. The van der Waals surface area contributed by atoms with E-state index in [1.165, 1.54) is 0 Å². The lowest BCUT2D eigenvalue weighted by Crippen LogP contribution is -2.50. The Morgan fingerprint density at radius 3 is 2.44 bits per heavy atom. The third-order valence-corrected chi connectivity index (χ3v) is 3.95. The first kappa shape index (κ1) is 11.9. The molecule has 92 valence electrons. The number of aliphatic hydroxyl groups is 1. The first-order valence-corrected chi connectivity index (χ1v) is 6.42. The number of carbonyl (C=O) groups is 1. The fourth-order valence-electron chi connectivity index (χ4n) is 2.89. The summed E-state index contributed by atoms with van der Waals surface area (Å²) < 4.78 is 0. The molecule has 2 aliphatic rings. The van der Waals surface area contributed by atoms with Gasteiger partial charge in [-0.2, -0.15) is 0 Å². The molecule has 3 atom stereocenters. The van der Waals surface area contributed by atoms with Gasteiger partial charge in [0.1, 0.15) is 0 Å². The number of hydrogen-bond acceptors (Lipinski definition) is 3. The number of carbonyl (C=O) groups excluding carboxylic acids is 1. The predicted molar refractivity (Wildman–Crippen MR) is 61.8 cm³/mol. The summed E-state index contributed by atoms with van der Waals surface area (Å²) in [6.07, 6.45) is 5.63. The molecule has 0 radical (unpaired) electrons. The minimum absolute atomic E-state index is 0.0261. The van der Waals surface area contributed by atoms with Crippen molar-refractivity contribution in [1.82, 2.24) is 4.90 Å². The number of hydrogen-bond donors (Lipinski definition) is 2. The Morgan fingerprint density at radius 2 is 1.81 bits per heavy atom. The van der Waals surface area contributed by atoms with E-state index in [2.05, 4.69) is 0 Å². The average Bonchev–Trinajstić information content (AvgIpc) is 2.81. The molecule has 1 saturated heterocycles. The van der Waals surface area contributed by atoms with Gasteiger partial charge in [-0.3, -0.25) is 4.79 Å². The first-order chi connectivity index (χ1) is 7.70. The van der Waals surface area contributed by atoms with E-state index in [0.717, 1.165) is 51.6 Å². The van der Waals surface area contributed by atoms with Gasteiger partial charge < -0.3 is 15.7 Å². The first-order valence-electron chi connectivity index (χ1n) is 6.42. The number of likely N-dealkylation sites (tertiary alicyclic amines) is 1. The number of nitrogens with zero attached hydrogens (tertiary/aromatic N) is 1. The van der Waals surface area contributed by atoms with E-state index in [1.807, 2.05) is 4.90 Å². The number of aliphatic hydroxyl groups excluding tert-OH is 1. The SMILES string of the molecule is N[C@@H](C(=O)N1CCCC1)[C@H]1CCCC[C@H]1O. The minimum atomic E-state index is -0.492. The van der Waals surface area contributed by atoms with Crippen molar-refractivity contribution >= 4 is 5.91 Å². The lowest BCUT2D eigenvalue weighted by Gasteiger charge is -2.33. The van der Waals surface area contributed by atoms with Gasteiger partial charge in [-0.05, 0) is 25.7 Å². The van der Waals surface area contributed by atoms with Gasteiger partial charge >= 0.3 is 0 Å². The van der Waals surface area contributed by atoms with Gasteiger partial charge in [-0.25, -0.2) is 0 Å². The molecule has 0 spiro atoms. The van der Waals surface area contributed by atoms with Crippen molar-refractivity contribution in [3.05, 3.63) is 0 Å². The van der Waals surface area contributed by atoms with Gasteiger partial charge in [-0.15, -0.1) is 0 Å². The highest BCUT2D eigenvalue weighted by atomic mass is 16.3. The van der Waals surface area contributed by atoms with Gasteiger partial charge in [0.05, 0.1) is 12.1 Å². The summed E-state index contributed by atoms with van der Waals surface area (Å²) in [5.41, 5.74) is 6.01. The fourth-order valence-corrected chi connectivity index (χ4v) is 2.89. The Bertz CT molecular complexity index is 251. The van der Waals surface area contributed by atoms with Crippen LogP contribution in [0.3, 0.4) is 0 Å². The second kappa shape index (κ2) is 5.15. The van der Waals surface area contributed by atoms with Crippen LogP contribution in [0.4, 0.5) is 0 Å². The molecule has 1 aliphatic carbocycles. The Labute approximate surface area is 96.8 Å². The van der Waals surface area contributed by atoms with Gasteiger partial charge in [0.25, 0.3) is 0 Å². The molecule has 1 saturated carbocycles. The van der Waals surface area contributed by atoms with Crippen molar-refractivity contribution in [1.29, 1.82) is 0 Å². The molecular formula is C12H22N2O2. The maximum atomic E-state index is 12.1. The third kappa shape index (κ3) is 2.38. The van der Waals surface area contributed by atoms with Gasteiger partial charge in [0, 0.05) is 19.0 Å². The average molecular weight is 226 g/mol. The number of nitrogens with two attached hydrogens (primary N) is 1. The maximum Gasteiger partial charge on any atom is 0.239 e. The van der Waals surface area contributed by atoms with Crippen LogP contribution >= 0.6 is 0 Å². The molecule has 0 aromatic carbocycles. The zero-order valence-corrected chi connectivity index (χ0v) is 9.77. The third-order valence-electron chi connectivity index (χ3n) is 3.95. The maximum absolute atomic E-state index is 12.1. The zero-order chi connectivity index (χ0) is 11.5. The smallest absolute Gasteiger partial charge is 0.239 e. The predicted octanol–water partition coefficient (Wildman–Crippen LogP) is 0.487. The molecule has 4 heteroatoms. The molecule has 0 aromatic rings. The van der Waals surface area contributed by atoms with E-state index >= 15 is 0 Å². The summed E-state index contributed by atoms with van der Waals surface area (Å²) in [6.45, 7) is 1.69. The summed E-state index contributed by atoms with van der Waals surface area (Å²) in [5, 5.41) is 9.88. The quantitative estimate of drug-likeness (QED) is 0.720. The Hall–Kier alpha value is -0.610. The number of rotatable bonds is 2. The highest BCUT2D eigenvalue weighted by Gasteiger charge is 2.35.